The third-order valence-electron chi connectivity index (χ3n) is 5.87. The van der Waals surface area contributed by atoms with Gasteiger partial charge in [0.15, 0.2) is 0 Å². The van der Waals surface area contributed by atoms with Crippen LogP contribution in [0.4, 0.5) is 0 Å². The first kappa shape index (κ1) is 19.4. The number of imide groups is 1. The number of esters is 1. The first-order valence-electron chi connectivity index (χ1n) is 9.51. The lowest BCUT2D eigenvalue weighted by Crippen LogP contribution is -2.98. The van der Waals surface area contributed by atoms with Gasteiger partial charge in [-0.15, -0.1) is 0 Å². The monoisotopic (exact) mass is 375 g/mol. The van der Waals surface area contributed by atoms with Crippen LogP contribution in [0.2, 0.25) is 0 Å². The summed E-state index contributed by atoms with van der Waals surface area (Å²) in [6.07, 6.45) is 2.10. The molecule has 7 nitrogen and oxygen atoms in total. The smallest absolute Gasteiger partial charge is 0.368 e. The van der Waals surface area contributed by atoms with Crippen LogP contribution in [0.15, 0.2) is 24.3 Å². The molecular formula is C20H27N2O5+. The molecule has 7 heteroatoms. The predicted molar refractivity (Wildman–Crippen MR) is 96.4 cm³/mol. The van der Waals surface area contributed by atoms with E-state index in [2.05, 4.69) is 0 Å². The van der Waals surface area contributed by atoms with E-state index in [-0.39, 0.29) is 30.2 Å². The van der Waals surface area contributed by atoms with Gasteiger partial charge in [-0.2, -0.15) is 0 Å². The minimum Gasteiger partial charge on any atom is -0.508 e. The van der Waals surface area contributed by atoms with Crippen molar-refractivity contribution in [3.05, 3.63) is 29.8 Å². The molecule has 2 aliphatic rings. The van der Waals surface area contributed by atoms with Crippen molar-refractivity contribution in [2.24, 2.45) is 11.8 Å². The molecule has 0 bridgehead atoms. The molecule has 0 saturated carbocycles. The zero-order valence-corrected chi connectivity index (χ0v) is 16.0. The predicted octanol–water partition coefficient (Wildman–Crippen LogP) is 0.733. The lowest BCUT2D eigenvalue weighted by atomic mass is 9.76. The number of nitrogens with zero attached hydrogens (tertiary/aromatic N) is 1. The highest BCUT2D eigenvalue weighted by Crippen LogP contribution is 2.46. The Morgan fingerprint density at radius 2 is 1.89 bits per heavy atom. The van der Waals surface area contributed by atoms with Gasteiger partial charge in [-0.25, -0.2) is 4.79 Å². The van der Waals surface area contributed by atoms with E-state index in [0.717, 1.165) is 23.3 Å². The molecule has 2 amide bonds. The molecule has 2 saturated heterocycles. The summed E-state index contributed by atoms with van der Waals surface area (Å²) in [7, 11) is 1.48. The SMILES string of the molecule is CCCC[C@@]1(C(=O)OCC)[NH2+][C@@H](c2ccc(O)cc2)[C@H]2C(=O)N(C)C(=O)[C@H]21. The fraction of sp³-hybridized carbons (Fsp3) is 0.550. The summed E-state index contributed by atoms with van der Waals surface area (Å²) >= 11 is 0. The molecule has 3 N–H and O–H groups in total. The second-order valence-electron chi connectivity index (χ2n) is 7.39. The standard InChI is InChI=1S/C20H26N2O5/c1-4-6-11-20(19(26)27-5-2)15-14(17(24)22(3)18(15)25)16(21-20)12-7-9-13(23)10-8-12/h7-10,14-16,21,23H,4-6,11H2,1-3H3/p+1/t14-,15-,16-,20+/m0/s1. The lowest BCUT2D eigenvalue weighted by molar-refractivity contribution is -0.735. The largest absolute Gasteiger partial charge is 0.508 e. The number of ether oxygens (including phenoxy) is 1. The van der Waals surface area contributed by atoms with E-state index >= 15 is 0 Å². The lowest BCUT2D eigenvalue weighted by Gasteiger charge is -2.29. The van der Waals surface area contributed by atoms with Crippen LogP contribution in [0.25, 0.3) is 0 Å². The Labute approximate surface area is 158 Å². The third-order valence-corrected chi connectivity index (χ3v) is 5.87. The van der Waals surface area contributed by atoms with Crippen molar-refractivity contribution in [3.8, 4) is 5.75 Å². The van der Waals surface area contributed by atoms with Crippen molar-refractivity contribution >= 4 is 17.8 Å². The Morgan fingerprint density at radius 1 is 1.22 bits per heavy atom. The molecule has 2 aliphatic heterocycles. The normalized spacial score (nSPS) is 29.9. The molecule has 146 valence electrons. The van der Waals surface area contributed by atoms with Crippen LogP contribution in [0, 0.1) is 11.8 Å². The van der Waals surface area contributed by atoms with Crippen LogP contribution >= 0.6 is 0 Å². The number of aromatic hydroxyl groups is 1. The first-order valence-corrected chi connectivity index (χ1v) is 9.51. The number of benzene rings is 1. The molecule has 1 aromatic rings. The topological polar surface area (TPSA) is 101 Å². The second-order valence-corrected chi connectivity index (χ2v) is 7.39. The molecule has 0 radical (unpaired) electrons. The van der Waals surface area contributed by atoms with E-state index in [9.17, 15) is 19.5 Å². The number of rotatable bonds is 6. The summed E-state index contributed by atoms with van der Waals surface area (Å²) in [6.45, 7) is 3.99. The minimum absolute atomic E-state index is 0.127. The van der Waals surface area contributed by atoms with Crippen molar-refractivity contribution in [1.29, 1.82) is 0 Å². The summed E-state index contributed by atoms with van der Waals surface area (Å²) < 4.78 is 5.36. The molecule has 2 fully saturated rings. The van der Waals surface area contributed by atoms with Crippen LogP contribution in [-0.4, -0.2) is 47.0 Å². The van der Waals surface area contributed by atoms with Gasteiger partial charge in [-0.1, -0.05) is 13.3 Å². The van der Waals surface area contributed by atoms with Crippen molar-refractivity contribution in [2.75, 3.05) is 13.7 Å². The number of carbonyl (C=O) groups excluding carboxylic acids is 3. The summed E-state index contributed by atoms with van der Waals surface area (Å²) in [5, 5.41) is 11.5. The summed E-state index contributed by atoms with van der Waals surface area (Å²) in [5.41, 5.74) is -0.293. The van der Waals surface area contributed by atoms with Gasteiger partial charge in [0, 0.05) is 19.0 Å². The highest BCUT2D eigenvalue weighted by Gasteiger charge is 2.71. The van der Waals surface area contributed by atoms with Crippen LogP contribution in [0.3, 0.4) is 0 Å². The fourth-order valence-corrected chi connectivity index (χ4v) is 4.54. The molecule has 4 atom stereocenters. The highest BCUT2D eigenvalue weighted by molar-refractivity contribution is 6.08. The number of carbonyl (C=O) groups is 3. The number of likely N-dealkylation sites (tertiary alicyclic amines) is 1. The van der Waals surface area contributed by atoms with Gasteiger partial charge in [0.05, 0.1) is 6.61 Å². The Balaban J connectivity index is 2.10. The number of phenolic OH excluding ortho intramolecular Hbond substituents is 1. The van der Waals surface area contributed by atoms with Crippen molar-refractivity contribution in [1.82, 2.24) is 4.90 Å². The van der Waals surface area contributed by atoms with Gasteiger partial charge in [0.25, 0.3) is 0 Å². The molecule has 1 aromatic carbocycles. The number of hydrogen-bond donors (Lipinski definition) is 2. The van der Waals surface area contributed by atoms with Gasteiger partial charge in [-0.05, 0) is 37.6 Å². The van der Waals surface area contributed by atoms with Crippen LogP contribution < -0.4 is 5.32 Å². The number of amides is 2. The number of nitrogens with two attached hydrogens (primary N) is 1. The average molecular weight is 375 g/mol. The zero-order chi connectivity index (χ0) is 19.8. The van der Waals surface area contributed by atoms with E-state index in [4.69, 9.17) is 4.74 Å². The van der Waals surface area contributed by atoms with Gasteiger partial charge >= 0.3 is 5.97 Å². The van der Waals surface area contributed by atoms with Crippen LogP contribution in [-0.2, 0) is 19.1 Å². The molecule has 0 aromatic heterocycles. The molecule has 0 aliphatic carbocycles. The van der Waals surface area contributed by atoms with E-state index in [0.29, 0.717) is 6.42 Å². The molecule has 2 heterocycles. The molecule has 3 rings (SSSR count). The Bertz CT molecular complexity index is 747. The Morgan fingerprint density at radius 3 is 2.48 bits per heavy atom. The Kier molecular flexibility index (Phi) is 5.24. The van der Waals surface area contributed by atoms with E-state index in [1.54, 1.807) is 31.2 Å². The third kappa shape index (κ3) is 3.00. The maximum atomic E-state index is 13.0. The van der Waals surface area contributed by atoms with E-state index < -0.39 is 23.3 Å². The number of unbranched alkanes of at least 4 members (excludes halogenated alkanes) is 1. The minimum atomic E-state index is -1.10. The molecule has 0 spiro atoms. The molecule has 0 unspecified atom stereocenters. The number of phenols is 1. The fourth-order valence-electron chi connectivity index (χ4n) is 4.54. The molecular weight excluding hydrogens is 348 g/mol. The first-order chi connectivity index (χ1) is 12.9. The van der Waals surface area contributed by atoms with Gasteiger partial charge in [-0.3, -0.25) is 14.5 Å². The van der Waals surface area contributed by atoms with Crippen molar-refractivity contribution in [3.63, 3.8) is 0 Å². The summed E-state index contributed by atoms with van der Waals surface area (Å²) in [5.74, 6) is -2.23. The maximum absolute atomic E-state index is 13.0. The van der Waals surface area contributed by atoms with Crippen LogP contribution in [0.1, 0.15) is 44.7 Å². The van der Waals surface area contributed by atoms with Gasteiger partial charge in [0.1, 0.15) is 23.6 Å². The summed E-state index contributed by atoms with van der Waals surface area (Å²) in [6, 6.07) is 6.22. The highest BCUT2D eigenvalue weighted by atomic mass is 16.5. The number of hydrogen-bond acceptors (Lipinski definition) is 5. The average Bonchev–Trinajstić information content (AvgIpc) is 3.11. The van der Waals surface area contributed by atoms with Crippen LogP contribution in [0.5, 0.6) is 5.75 Å². The number of fused-ring (bicyclic) bond motifs is 1. The van der Waals surface area contributed by atoms with E-state index in [1.807, 2.05) is 12.2 Å². The molecule has 27 heavy (non-hydrogen) atoms. The second kappa shape index (κ2) is 7.31. The zero-order valence-electron chi connectivity index (χ0n) is 16.0. The Hall–Kier alpha value is -2.41. The number of quaternary nitrogens is 1. The van der Waals surface area contributed by atoms with Crippen molar-refractivity contribution in [2.45, 2.75) is 44.7 Å². The van der Waals surface area contributed by atoms with Crippen molar-refractivity contribution < 1.29 is 29.5 Å². The van der Waals surface area contributed by atoms with E-state index in [1.165, 1.54) is 7.05 Å². The maximum Gasteiger partial charge on any atom is 0.368 e. The van der Waals surface area contributed by atoms with Gasteiger partial charge < -0.3 is 15.2 Å². The quantitative estimate of drug-likeness (QED) is 0.564. The van der Waals surface area contributed by atoms with Gasteiger partial charge in [0.2, 0.25) is 17.4 Å². The summed E-state index contributed by atoms with van der Waals surface area (Å²) in [4.78, 5) is 40.0.